The van der Waals surface area contributed by atoms with Crippen molar-refractivity contribution < 1.29 is 29.4 Å². The van der Waals surface area contributed by atoms with Crippen LogP contribution in [0.1, 0.15) is 11.1 Å². The molecular formula is C9H10NO2Zn-. The van der Waals surface area contributed by atoms with Crippen LogP contribution in [0.3, 0.4) is 0 Å². The van der Waals surface area contributed by atoms with Crippen molar-refractivity contribution in [3.05, 3.63) is 42.0 Å². The van der Waals surface area contributed by atoms with E-state index in [4.69, 9.17) is 9.94 Å². The molecule has 4 heteroatoms. The number of aliphatic hydroxyl groups is 1. The van der Waals surface area contributed by atoms with Crippen LogP contribution in [0.2, 0.25) is 0 Å². The van der Waals surface area contributed by atoms with Gasteiger partial charge in [-0.05, 0) is 5.56 Å². The fourth-order valence-corrected chi connectivity index (χ4v) is 0.820. The van der Waals surface area contributed by atoms with Crippen molar-refractivity contribution in [3.8, 4) is 0 Å². The van der Waals surface area contributed by atoms with Gasteiger partial charge in [0.2, 0.25) is 0 Å². The Bertz CT molecular complexity index is 248. The molecule has 0 radical (unpaired) electrons. The van der Waals surface area contributed by atoms with E-state index in [9.17, 15) is 0 Å². The first-order valence-corrected chi connectivity index (χ1v) is 3.51. The second kappa shape index (κ2) is 6.64. The Labute approximate surface area is 90.2 Å². The summed E-state index contributed by atoms with van der Waals surface area (Å²) in [6.45, 7) is 4.65. The fourth-order valence-electron chi connectivity index (χ4n) is 0.820. The van der Waals surface area contributed by atoms with Crippen molar-refractivity contribution in [1.82, 2.24) is 0 Å². The first-order valence-electron chi connectivity index (χ1n) is 3.51. The molecule has 0 aromatic heterocycles. The van der Waals surface area contributed by atoms with E-state index in [1.807, 2.05) is 12.1 Å². The second-order valence-corrected chi connectivity index (χ2v) is 2.27. The van der Waals surface area contributed by atoms with Crippen molar-refractivity contribution in [2.75, 3.05) is 0 Å². The number of benzene rings is 1. The second-order valence-electron chi connectivity index (χ2n) is 2.27. The van der Waals surface area contributed by atoms with E-state index in [0.717, 1.165) is 17.7 Å². The van der Waals surface area contributed by atoms with Crippen molar-refractivity contribution in [1.29, 1.82) is 0 Å². The Hall–Kier alpha value is -0.857. The van der Waals surface area contributed by atoms with Gasteiger partial charge in [0, 0.05) is 26.2 Å². The maximum absolute atomic E-state index is 8.62. The molecule has 13 heavy (non-hydrogen) atoms. The molecule has 0 bridgehead atoms. The predicted molar refractivity (Wildman–Crippen MR) is 46.1 cm³/mol. The Morgan fingerprint density at radius 2 is 2.00 bits per heavy atom. The topological polar surface area (TPSA) is 41.8 Å². The number of hydrogen-bond donors (Lipinski definition) is 1. The Balaban J connectivity index is 0.00000144. The number of hydrogen-bond acceptors (Lipinski definition) is 3. The maximum atomic E-state index is 8.62. The van der Waals surface area contributed by atoms with E-state index in [1.165, 1.54) is 0 Å². The van der Waals surface area contributed by atoms with Crippen LogP contribution >= 0.6 is 0 Å². The van der Waals surface area contributed by atoms with Crippen LogP contribution < -0.4 is 0 Å². The minimum absolute atomic E-state index is 0. The molecule has 1 rings (SSSR count). The molecule has 0 unspecified atom stereocenters. The molecule has 0 spiro atoms. The van der Waals surface area contributed by atoms with E-state index in [0.29, 0.717) is 6.61 Å². The molecule has 3 nitrogen and oxygen atoms in total. The van der Waals surface area contributed by atoms with Gasteiger partial charge >= 0.3 is 0 Å². The SMILES string of the molecule is C=NOCc1ccc([CH-]O)cc1.[Zn]. The molecule has 0 aliphatic heterocycles. The summed E-state index contributed by atoms with van der Waals surface area (Å²) in [7, 11) is 0. The van der Waals surface area contributed by atoms with Crippen LogP contribution in [0.15, 0.2) is 29.4 Å². The third-order valence-electron chi connectivity index (χ3n) is 1.45. The van der Waals surface area contributed by atoms with Gasteiger partial charge in [0.1, 0.15) is 6.61 Å². The third-order valence-corrected chi connectivity index (χ3v) is 1.45. The van der Waals surface area contributed by atoms with Gasteiger partial charge in [-0.15, -0.1) is 17.3 Å². The van der Waals surface area contributed by atoms with Crippen molar-refractivity contribution in [2.45, 2.75) is 6.61 Å². The summed E-state index contributed by atoms with van der Waals surface area (Å²) < 4.78 is 0. The first-order chi connectivity index (χ1) is 5.86. The van der Waals surface area contributed by atoms with Crippen LogP contribution in [-0.4, -0.2) is 11.8 Å². The monoisotopic (exact) mass is 228 g/mol. The smallest absolute Gasteiger partial charge is 0.140 e. The van der Waals surface area contributed by atoms with E-state index >= 15 is 0 Å². The zero-order valence-electron chi connectivity index (χ0n) is 7.31. The van der Waals surface area contributed by atoms with Crippen molar-refractivity contribution >= 4 is 6.72 Å². The van der Waals surface area contributed by atoms with Gasteiger partial charge < -0.3 is 9.94 Å². The third kappa shape index (κ3) is 4.06. The molecule has 0 amide bonds. The van der Waals surface area contributed by atoms with Crippen LogP contribution in [0.5, 0.6) is 0 Å². The van der Waals surface area contributed by atoms with Crippen LogP contribution in [-0.2, 0) is 30.9 Å². The number of rotatable bonds is 4. The van der Waals surface area contributed by atoms with Gasteiger partial charge in [0.25, 0.3) is 0 Å². The molecule has 1 aromatic carbocycles. The van der Waals surface area contributed by atoms with E-state index in [1.54, 1.807) is 12.1 Å². The van der Waals surface area contributed by atoms with Gasteiger partial charge in [-0.3, -0.25) is 0 Å². The largest absolute Gasteiger partial charge is 0.429 e. The van der Waals surface area contributed by atoms with Crippen LogP contribution in [0.4, 0.5) is 0 Å². The average molecular weight is 230 g/mol. The van der Waals surface area contributed by atoms with Gasteiger partial charge in [-0.25, -0.2) is 0 Å². The summed E-state index contributed by atoms with van der Waals surface area (Å²) in [5, 5.41) is 11.9. The van der Waals surface area contributed by atoms with Crippen LogP contribution in [0, 0.1) is 6.61 Å². The average Bonchev–Trinajstić information content (AvgIpc) is 2.15. The summed E-state index contributed by atoms with van der Waals surface area (Å²) in [5.74, 6) is 0. The standard InChI is InChI=1S/C9H10NO2.Zn/c1-10-12-7-9-4-2-8(6-11)3-5-9;/h2-6,11H,1,7H2;/q-1;. The normalized spacial score (nSPS) is 8.38. The molecule has 0 fully saturated rings. The minimum atomic E-state index is 0. The molecule has 0 heterocycles. The maximum Gasteiger partial charge on any atom is 0.140 e. The van der Waals surface area contributed by atoms with E-state index in [2.05, 4.69) is 11.9 Å². The molecule has 0 saturated carbocycles. The first kappa shape index (κ1) is 12.1. The van der Waals surface area contributed by atoms with Gasteiger partial charge in [-0.1, -0.05) is 6.61 Å². The zero-order valence-corrected chi connectivity index (χ0v) is 10.3. The molecular weight excluding hydrogens is 219 g/mol. The summed E-state index contributed by atoms with van der Waals surface area (Å²) in [6, 6.07) is 7.30. The zero-order chi connectivity index (χ0) is 8.81. The predicted octanol–water partition coefficient (Wildman–Crippen LogP) is 1.70. The van der Waals surface area contributed by atoms with Gasteiger partial charge in [-0.2, -0.15) is 17.7 Å². The molecule has 66 valence electrons. The molecule has 1 N–H and O–H groups in total. The number of aliphatic hydroxyl groups excluding tert-OH is 1. The number of nitrogens with zero attached hydrogens (tertiary/aromatic N) is 1. The Morgan fingerprint density at radius 3 is 2.46 bits per heavy atom. The fraction of sp³-hybridized carbons (Fsp3) is 0.111. The summed E-state index contributed by atoms with van der Waals surface area (Å²) in [6.07, 6.45) is 0. The number of oxime groups is 1. The molecule has 0 saturated heterocycles. The van der Waals surface area contributed by atoms with Crippen molar-refractivity contribution in [2.24, 2.45) is 5.16 Å². The molecule has 0 atom stereocenters. The minimum Gasteiger partial charge on any atom is -0.429 e. The molecule has 0 aliphatic rings. The summed E-state index contributed by atoms with van der Waals surface area (Å²) in [4.78, 5) is 4.73. The quantitative estimate of drug-likeness (QED) is 0.370. The van der Waals surface area contributed by atoms with Crippen molar-refractivity contribution in [3.63, 3.8) is 0 Å². The molecule has 1 aromatic rings. The van der Waals surface area contributed by atoms with Gasteiger partial charge in [0.05, 0.1) is 0 Å². The Morgan fingerprint density at radius 1 is 1.38 bits per heavy atom. The van der Waals surface area contributed by atoms with E-state index in [-0.39, 0.29) is 19.5 Å². The van der Waals surface area contributed by atoms with E-state index < -0.39 is 0 Å². The summed E-state index contributed by atoms with van der Waals surface area (Å²) in [5.41, 5.74) is 1.76. The Kier molecular flexibility index (Phi) is 6.20. The molecule has 0 aliphatic carbocycles. The van der Waals surface area contributed by atoms with Crippen LogP contribution in [0.25, 0.3) is 0 Å². The summed E-state index contributed by atoms with van der Waals surface area (Å²) >= 11 is 0. The van der Waals surface area contributed by atoms with Gasteiger partial charge in [0.15, 0.2) is 0 Å².